The molecule has 0 bridgehead atoms. The highest BCUT2D eigenvalue weighted by atomic mass is 19.1. The van der Waals surface area contributed by atoms with Gasteiger partial charge >= 0.3 is 0 Å². The summed E-state index contributed by atoms with van der Waals surface area (Å²) in [6.45, 7) is 2.24. The van der Waals surface area contributed by atoms with Gasteiger partial charge in [-0.25, -0.2) is 13.8 Å². The molecule has 1 amide bonds. The zero-order chi connectivity index (χ0) is 22.8. The number of hydroxylamine groups is 2. The first-order chi connectivity index (χ1) is 15.4. The van der Waals surface area contributed by atoms with Gasteiger partial charge in [0.25, 0.3) is 11.5 Å². The van der Waals surface area contributed by atoms with Crippen LogP contribution in [0, 0.1) is 11.6 Å². The summed E-state index contributed by atoms with van der Waals surface area (Å²) in [6.07, 6.45) is 3.49. The Hall–Kier alpha value is -3.50. The second kappa shape index (κ2) is 8.93. The average Bonchev–Trinajstić information content (AvgIpc) is 2.79. The molecule has 0 aliphatic carbocycles. The molecule has 2 N–H and O–H groups in total. The highest BCUT2D eigenvalue weighted by molar-refractivity contribution is 5.93. The summed E-state index contributed by atoms with van der Waals surface area (Å²) < 4.78 is 29.0. The third-order valence-electron chi connectivity index (χ3n) is 5.19. The van der Waals surface area contributed by atoms with Crippen LogP contribution in [0.25, 0.3) is 16.6 Å². The smallest absolute Gasteiger partial charge is 0.270 e. The van der Waals surface area contributed by atoms with Gasteiger partial charge in [-0.3, -0.25) is 19.4 Å². The maximum absolute atomic E-state index is 14.6. The fourth-order valence-electron chi connectivity index (χ4n) is 3.44. The topological polar surface area (TPSA) is 100 Å². The number of hydrogen-bond acceptors (Lipinski definition) is 6. The number of aryl methyl sites for hydroxylation is 1. The van der Waals surface area contributed by atoms with Crippen molar-refractivity contribution in [2.24, 2.45) is 0 Å². The van der Waals surface area contributed by atoms with Gasteiger partial charge < -0.3 is 10.3 Å². The maximum atomic E-state index is 14.6. The summed E-state index contributed by atoms with van der Waals surface area (Å²) >= 11 is 0. The van der Waals surface area contributed by atoms with Gasteiger partial charge in [-0.2, -0.15) is 5.06 Å². The van der Waals surface area contributed by atoms with Crippen molar-refractivity contribution in [3.05, 3.63) is 75.0 Å². The van der Waals surface area contributed by atoms with Gasteiger partial charge in [0.1, 0.15) is 23.0 Å². The van der Waals surface area contributed by atoms with Crippen LogP contribution >= 0.6 is 0 Å². The summed E-state index contributed by atoms with van der Waals surface area (Å²) in [5.74, 6) is -1.52. The van der Waals surface area contributed by atoms with E-state index >= 15 is 0 Å². The lowest BCUT2D eigenvalue weighted by Crippen LogP contribution is -2.29. The Labute approximate surface area is 181 Å². The van der Waals surface area contributed by atoms with Crippen molar-refractivity contribution in [1.29, 1.82) is 0 Å². The number of fused-ring (bicyclic) bond motifs is 1. The Bertz CT molecular complexity index is 1290. The van der Waals surface area contributed by atoms with Gasteiger partial charge in [0.15, 0.2) is 0 Å². The molecule has 8 nitrogen and oxygen atoms in total. The zero-order valence-electron chi connectivity index (χ0n) is 17.5. The Morgan fingerprint density at radius 3 is 2.75 bits per heavy atom. The van der Waals surface area contributed by atoms with E-state index in [0.29, 0.717) is 34.3 Å². The Balaban J connectivity index is 1.51. The molecule has 166 valence electrons. The third kappa shape index (κ3) is 4.27. The molecular weight excluding hydrogens is 420 g/mol. The SMILES string of the molecule is CCc1nc2cc(F)c(CN3CC=C(c4ncc(C(=O)NC)cc4F)CO3)cc2[nH]c1=O. The number of aromatic nitrogens is 3. The first-order valence-corrected chi connectivity index (χ1v) is 10.1. The van der Waals surface area contributed by atoms with Crippen molar-refractivity contribution in [3.8, 4) is 0 Å². The summed E-state index contributed by atoms with van der Waals surface area (Å²) in [6, 6.07) is 3.95. The molecule has 32 heavy (non-hydrogen) atoms. The molecule has 1 aliphatic rings. The molecule has 3 heterocycles. The summed E-state index contributed by atoms with van der Waals surface area (Å²) in [5, 5.41) is 3.94. The van der Waals surface area contributed by atoms with E-state index in [1.807, 2.05) is 0 Å². The number of rotatable bonds is 5. The fraction of sp³-hybridized carbons (Fsp3) is 0.273. The number of hydrogen-bond donors (Lipinski definition) is 2. The van der Waals surface area contributed by atoms with Crippen molar-refractivity contribution in [2.75, 3.05) is 20.2 Å². The number of nitrogens with one attached hydrogen (secondary N) is 2. The molecule has 1 aromatic carbocycles. The van der Waals surface area contributed by atoms with Crippen molar-refractivity contribution in [2.45, 2.75) is 19.9 Å². The molecule has 0 fully saturated rings. The molecule has 0 saturated carbocycles. The standard InChI is InChI=1S/C22H21F2N5O3/c1-3-17-22(31)28-18-7-14(15(23)8-19(18)27-17)10-29-5-4-12(11-32-29)20-16(24)6-13(9-26-20)21(30)25-2/h4,6-9H,3,5,10-11H2,1-2H3,(H,25,30)(H,28,31). The lowest BCUT2D eigenvalue weighted by molar-refractivity contribution is -0.151. The molecule has 0 atom stereocenters. The van der Waals surface area contributed by atoms with Crippen LogP contribution < -0.4 is 10.9 Å². The van der Waals surface area contributed by atoms with Crippen LogP contribution in [-0.2, 0) is 17.8 Å². The molecule has 0 spiro atoms. The van der Waals surface area contributed by atoms with Gasteiger partial charge in [0.2, 0.25) is 0 Å². The van der Waals surface area contributed by atoms with E-state index in [2.05, 4.69) is 20.3 Å². The van der Waals surface area contributed by atoms with Crippen LogP contribution in [0.15, 0.2) is 35.3 Å². The predicted molar refractivity (Wildman–Crippen MR) is 114 cm³/mol. The Kier molecular flexibility index (Phi) is 6.06. The third-order valence-corrected chi connectivity index (χ3v) is 5.19. The number of carbonyl (C=O) groups excluding carboxylic acids is 1. The summed E-state index contributed by atoms with van der Waals surface area (Å²) in [7, 11) is 1.45. The molecule has 0 unspecified atom stereocenters. The normalized spacial score (nSPS) is 14.4. The number of carbonyl (C=O) groups is 1. The van der Waals surface area contributed by atoms with Crippen LogP contribution in [0.4, 0.5) is 8.78 Å². The van der Waals surface area contributed by atoms with E-state index in [1.54, 1.807) is 19.1 Å². The number of amides is 1. The highest BCUT2D eigenvalue weighted by Gasteiger charge is 2.20. The lowest BCUT2D eigenvalue weighted by Gasteiger charge is -2.26. The molecule has 0 saturated heterocycles. The number of pyridine rings is 1. The average molecular weight is 441 g/mol. The van der Waals surface area contributed by atoms with E-state index in [1.165, 1.54) is 24.4 Å². The van der Waals surface area contributed by atoms with Crippen LogP contribution in [0.5, 0.6) is 0 Å². The van der Waals surface area contributed by atoms with E-state index in [4.69, 9.17) is 4.84 Å². The van der Waals surface area contributed by atoms with Crippen molar-refractivity contribution in [3.63, 3.8) is 0 Å². The first kappa shape index (κ1) is 21.7. The van der Waals surface area contributed by atoms with Crippen LogP contribution in [-0.4, -0.2) is 46.1 Å². The Morgan fingerprint density at radius 2 is 2.09 bits per heavy atom. The number of aromatic amines is 1. The van der Waals surface area contributed by atoms with Gasteiger partial charge in [0.05, 0.1) is 29.7 Å². The van der Waals surface area contributed by atoms with E-state index in [9.17, 15) is 18.4 Å². The largest absolute Gasteiger partial charge is 0.355 e. The summed E-state index contributed by atoms with van der Waals surface area (Å²) in [5.41, 5.74) is 1.97. The molecule has 1 aliphatic heterocycles. The van der Waals surface area contributed by atoms with E-state index < -0.39 is 17.5 Å². The molecule has 4 rings (SSSR count). The Morgan fingerprint density at radius 1 is 1.28 bits per heavy atom. The van der Waals surface area contributed by atoms with Crippen LogP contribution in [0.1, 0.15) is 34.2 Å². The minimum atomic E-state index is -0.627. The van der Waals surface area contributed by atoms with E-state index in [0.717, 1.165) is 6.07 Å². The first-order valence-electron chi connectivity index (χ1n) is 10.1. The molecule has 3 aromatic rings. The molecular formula is C22H21F2N5O3. The second-order valence-electron chi connectivity index (χ2n) is 7.29. The minimum Gasteiger partial charge on any atom is -0.355 e. The number of nitrogens with zero attached hydrogens (tertiary/aromatic N) is 3. The number of H-pyrrole nitrogens is 1. The van der Waals surface area contributed by atoms with E-state index in [-0.39, 0.29) is 36.5 Å². The van der Waals surface area contributed by atoms with Crippen LogP contribution in [0.2, 0.25) is 0 Å². The van der Waals surface area contributed by atoms with Gasteiger partial charge in [-0.05, 0) is 18.6 Å². The minimum absolute atomic E-state index is 0.0384. The van der Waals surface area contributed by atoms with Crippen molar-refractivity contribution in [1.82, 2.24) is 25.3 Å². The zero-order valence-corrected chi connectivity index (χ0v) is 17.5. The molecule has 10 heteroatoms. The lowest BCUT2D eigenvalue weighted by atomic mass is 10.1. The van der Waals surface area contributed by atoms with Gasteiger partial charge in [0, 0.05) is 37.0 Å². The van der Waals surface area contributed by atoms with Crippen LogP contribution in [0.3, 0.4) is 0 Å². The fourth-order valence-corrected chi connectivity index (χ4v) is 3.44. The summed E-state index contributed by atoms with van der Waals surface area (Å²) in [4.78, 5) is 40.3. The predicted octanol–water partition coefficient (Wildman–Crippen LogP) is 2.35. The highest BCUT2D eigenvalue weighted by Crippen LogP contribution is 2.23. The van der Waals surface area contributed by atoms with Crippen molar-refractivity contribution >= 4 is 22.5 Å². The molecule has 2 aromatic heterocycles. The number of benzene rings is 1. The van der Waals surface area contributed by atoms with Gasteiger partial charge in [-0.1, -0.05) is 13.0 Å². The maximum Gasteiger partial charge on any atom is 0.270 e. The van der Waals surface area contributed by atoms with Crippen molar-refractivity contribution < 1.29 is 18.4 Å². The monoisotopic (exact) mass is 441 g/mol. The van der Waals surface area contributed by atoms with Gasteiger partial charge in [-0.15, -0.1) is 0 Å². The molecule has 0 radical (unpaired) electrons. The quantitative estimate of drug-likeness (QED) is 0.631. The number of halogens is 2. The second-order valence-corrected chi connectivity index (χ2v) is 7.29.